The topological polar surface area (TPSA) is 50.4 Å². The van der Waals surface area contributed by atoms with Gasteiger partial charge in [0.2, 0.25) is 5.91 Å². The Balaban J connectivity index is 0.00000324. The molecule has 1 aromatic rings. The highest BCUT2D eigenvalue weighted by atomic mass is 35.5. The Morgan fingerprint density at radius 3 is 2.79 bits per heavy atom. The van der Waals surface area contributed by atoms with Crippen LogP contribution in [0, 0.1) is 6.92 Å². The predicted molar refractivity (Wildman–Crippen MR) is 80.1 cm³/mol. The van der Waals surface area contributed by atoms with Gasteiger partial charge >= 0.3 is 0 Å². The van der Waals surface area contributed by atoms with Crippen LogP contribution >= 0.6 is 12.4 Å². The summed E-state index contributed by atoms with van der Waals surface area (Å²) >= 11 is 0. The minimum absolute atomic E-state index is 0. The molecule has 0 heterocycles. The van der Waals surface area contributed by atoms with Gasteiger partial charge in [0.15, 0.2) is 0 Å². The van der Waals surface area contributed by atoms with Crippen LogP contribution in [-0.4, -0.2) is 32.7 Å². The van der Waals surface area contributed by atoms with Crippen molar-refractivity contribution in [1.29, 1.82) is 0 Å². The smallest absolute Gasteiger partial charge is 0.220 e. The Bertz CT molecular complexity index is 372. The Morgan fingerprint density at radius 1 is 1.32 bits per heavy atom. The standard InChI is InChI=1S/C14H22N2O2.ClH/c1-12-5-3-6-13(11-12)18-10-9-16-14(17)7-4-8-15-2;/h3,5-6,11,15H,4,7-10H2,1-2H3,(H,16,17);1H. The number of amides is 1. The van der Waals surface area contributed by atoms with Gasteiger partial charge in [0.25, 0.3) is 0 Å². The van der Waals surface area contributed by atoms with E-state index in [1.54, 1.807) is 0 Å². The maximum atomic E-state index is 11.4. The van der Waals surface area contributed by atoms with Crippen molar-refractivity contribution in [3.05, 3.63) is 29.8 Å². The lowest BCUT2D eigenvalue weighted by atomic mass is 10.2. The van der Waals surface area contributed by atoms with Crippen LogP contribution in [0.25, 0.3) is 0 Å². The summed E-state index contributed by atoms with van der Waals surface area (Å²) in [6, 6.07) is 7.88. The molecule has 0 aliphatic carbocycles. The van der Waals surface area contributed by atoms with Gasteiger partial charge in [-0.3, -0.25) is 4.79 Å². The van der Waals surface area contributed by atoms with E-state index in [0.717, 1.165) is 18.7 Å². The van der Waals surface area contributed by atoms with E-state index in [4.69, 9.17) is 4.74 Å². The Morgan fingerprint density at radius 2 is 2.11 bits per heavy atom. The molecule has 1 amide bonds. The van der Waals surface area contributed by atoms with Gasteiger partial charge < -0.3 is 15.4 Å². The lowest BCUT2D eigenvalue weighted by molar-refractivity contribution is -0.121. The van der Waals surface area contributed by atoms with E-state index in [9.17, 15) is 4.79 Å². The summed E-state index contributed by atoms with van der Waals surface area (Å²) in [5.41, 5.74) is 1.17. The van der Waals surface area contributed by atoms with Crippen LogP contribution in [0.1, 0.15) is 18.4 Å². The largest absolute Gasteiger partial charge is 0.492 e. The van der Waals surface area contributed by atoms with Gasteiger partial charge in [0.1, 0.15) is 12.4 Å². The molecule has 0 aromatic heterocycles. The molecule has 0 fully saturated rings. The van der Waals surface area contributed by atoms with Crippen LogP contribution in [0.2, 0.25) is 0 Å². The number of carbonyl (C=O) groups excluding carboxylic acids is 1. The lowest BCUT2D eigenvalue weighted by Gasteiger charge is -2.08. The van der Waals surface area contributed by atoms with Gasteiger partial charge in [-0.25, -0.2) is 0 Å². The lowest BCUT2D eigenvalue weighted by Crippen LogP contribution is -2.28. The van der Waals surface area contributed by atoms with Crippen LogP contribution in [0.5, 0.6) is 5.75 Å². The average molecular weight is 287 g/mol. The normalized spacial score (nSPS) is 9.58. The first kappa shape index (κ1) is 17.7. The quantitative estimate of drug-likeness (QED) is 0.718. The van der Waals surface area contributed by atoms with E-state index in [2.05, 4.69) is 10.6 Å². The van der Waals surface area contributed by atoms with E-state index in [0.29, 0.717) is 19.6 Å². The SMILES string of the molecule is CNCCCC(=O)NCCOc1cccc(C)c1.Cl. The minimum Gasteiger partial charge on any atom is -0.492 e. The molecule has 0 saturated heterocycles. The van der Waals surface area contributed by atoms with Crippen molar-refractivity contribution < 1.29 is 9.53 Å². The molecule has 0 aliphatic rings. The van der Waals surface area contributed by atoms with Gasteiger partial charge in [-0.1, -0.05) is 12.1 Å². The summed E-state index contributed by atoms with van der Waals surface area (Å²) in [5.74, 6) is 0.928. The summed E-state index contributed by atoms with van der Waals surface area (Å²) in [5, 5.41) is 5.85. The number of benzene rings is 1. The average Bonchev–Trinajstić information content (AvgIpc) is 2.35. The van der Waals surface area contributed by atoms with Crippen LogP contribution in [0.3, 0.4) is 0 Å². The number of rotatable bonds is 8. The molecule has 1 aromatic carbocycles. The molecule has 4 nitrogen and oxygen atoms in total. The predicted octanol–water partition coefficient (Wildman–Crippen LogP) is 1.91. The molecule has 0 unspecified atom stereocenters. The molecule has 0 radical (unpaired) electrons. The molecule has 0 aliphatic heterocycles. The fraction of sp³-hybridized carbons (Fsp3) is 0.500. The van der Waals surface area contributed by atoms with Crippen molar-refractivity contribution in [2.24, 2.45) is 0 Å². The zero-order valence-corrected chi connectivity index (χ0v) is 12.4. The van der Waals surface area contributed by atoms with E-state index in [1.807, 2.05) is 38.2 Å². The first-order chi connectivity index (χ1) is 8.72. The second kappa shape index (κ2) is 10.6. The Hall–Kier alpha value is -1.26. The van der Waals surface area contributed by atoms with Crippen molar-refractivity contribution in [3.8, 4) is 5.75 Å². The van der Waals surface area contributed by atoms with Gasteiger partial charge in [-0.2, -0.15) is 0 Å². The molecule has 0 bridgehead atoms. The molecule has 2 N–H and O–H groups in total. The second-order valence-corrected chi connectivity index (χ2v) is 4.22. The number of ether oxygens (including phenoxy) is 1. The highest BCUT2D eigenvalue weighted by Gasteiger charge is 2.00. The zero-order valence-electron chi connectivity index (χ0n) is 11.6. The summed E-state index contributed by atoms with van der Waals surface area (Å²) in [7, 11) is 1.88. The van der Waals surface area contributed by atoms with Crippen LogP contribution in [0.4, 0.5) is 0 Å². The van der Waals surface area contributed by atoms with Gasteiger partial charge in [0, 0.05) is 6.42 Å². The molecule has 108 valence electrons. The van der Waals surface area contributed by atoms with Crippen molar-refractivity contribution in [3.63, 3.8) is 0 Å². The molecule has 1 rings (SSSR count). The number of carbonyl (C=O) groups is 1. The molecule has 0 saturated carbocycles. The van der Waals surface area contributed by atoms with Gasteiger partial charge in [-0.05, 0) is 44.6 Å². The summed E-state index contributed by atoms with van der Waals surface area (Å²) in [6.45, 7) is 3.94. The number of hydrogen-bond acceptors (Lipinski definition) is 3. The first-order valence-electron chi connectivity index (χ1n) is 6.33. The summed E-state index contributed by atoms with van der Waals surface area (Å²) in [6.07, 6.45) is 1.42. The van der Waals surface area contributed by atoms with Crippen molar-refractivity contribution >= 4 is 18.3 Å². The summed E-state index contributed by atoms with van der Waals surface area (Å²) < 4.78 is 5.54. The molecule has 0 spiro atoms. The monoisotopic (exact) mass is 286 g/mol. The van der Waals surface area contributed by atoms with Crippen molar-refractivity contribution in [1.82, 2.24) is 10.6 Å². The third-order valence-corrected chi connectivity index (χ3v) is 2.51. The maximum Gasteiger partial charge on any atom is 0.220 e. The van der Waals surface area contributed by atoms with Gasteiger partial charge in [-0.15, -0.1) is 12.4 Å². The molecule has 5 heteroatoms. The van der Waals surface area contributed by atoms with Crippen LogP contribution < -0.4 is 15.4 Å². The first-order valence-corrected chi connectivity index (χ1v) is 6.33. The number of nitrogens with one attached hydrogen (secondary N) is 2. The molecule has 0 atom stereocenters. The van der Waals surface area contributed by atoms with E-state index in [-0.39, 0.29) is 18.3 Å². The van der Waals surface area contributed by atoms with Crippen LogP contribution in [-0.2, 0) is 4.79 Å². The maximum absolute atomic E-state index is 11.4. The fourth-order valence-corrected chi connectivity index (χ4v) is 1.58. The number of hydrogen-bond donors (Lipinski definition) is 2. The van der Waals surface area contributed by atoms with E-state index in [1.165, 1.54) is 5.56 Å². The number of halogens is 1. The van der Waals surface area contributed by atoms with E-state index >= 15 is 0 Å². The van der Waals surface area contributed by atoms with Crippen molar-refractivity contribution in [2.45, 2.75) is 19.8 Å². The van der Waals surface area contributed by atoms with Gasteiger partial charge in [0.05, 0.1) is 6.54 Å². The minimum atomic E-state index is 0. The fourth-order valence-electron chi connectivity index (χ4n) is 1.58. The molecular formula is C14H23ClN2O2. The highest BCUT2D eigenvalue weighted by Crippen LogP contribution is 2.11. The highest BCUT2D eigenvalue weighted by molar-refractivity contribution is 5.85. The third kappa shape index (κ3) is 8.46. The third-order valence-electron chi connectivity index (χ3n) is 2.51. The van der Waals surface area contributed by atoms with Crippen LogP contribution in [0.15, 0.2) is 24.3 Å². The van der Waals surface area contributed by atoms with Crippen molar-refractivity contribution in [2.75, 3.05) is 26.7 Å². The zero-order chi connectivity index (χ0) is 13.2. The summed E-state index contributed by atoms with van der Waals surface area (Å²) in [4.78, 5) is 11.4. The second-order valence-electron chi connectivity index (χ2n) is 4.22. The number of aryl methyl sites for hydroxylation is 1. The molecular weight excluding hydrogens is 264 g/mol. The molecule has 19 heavy (non-hydrogen) atoms. The Labute approximate surface area is 121 Å². The Kier molecular flexibility index (Phi) is 9.94. The van der Waals surface area contributed by atoms with E-state index < -0.39 is 0 Å².